The largest absolute Gasteiger partial charge is 0.496 e. The summed E-state index contributed by atoms with van der Waals surface area (Å²) in [6, 6.07) is 16.3. The molecule has 1 saturated heterocycles. The molecule has 5 N–H and O–H groups in total. The number of likely N-dealkylation sites (tertiary alicyclic amines) is 1. The first-order valence-electron chi connectivity index (χ1n) is 12.1. The number of carboxylic acid groups (broad SMARTS) is 3. The quantitative estimate of drug-likeness (QED) is 0.309. The molecule has 206 valence electrons. The summed E-state index contributed by atoms with van der Waals surface area (Å²) in [7, 11) is 1.70. The molecule has 2 aromatic rings. The van der Waals surface area contributed by atoms with Gasteiger partial charge < -0.3 is 30.3 Å². The Morgan fingerprint density at radius 1 is 1.00 bits per heavy atom. The summed E-state index contributed by atoms with van der Waals surface area (Å²) in [5.74, 6) is -4.12. The summed E-state index contributed by atoms with van der Waals surface area (Å²) < 4.78 is 5.38. The van der Waals surface area contributed by atoms with Gasteiger partial charge in [-0.05, 0) is 31.4 Å². The maximum atomic E-state index is 11.0. The van der Waals surface area contributed by atoms with Gasteiger partial charge in [-0.2, -0.15) is 0 Å². The normalized spacial score (nSPS) is 15.4. The maximum absolute atomic E-state index is 11.0. The van der Waals surface area contributed by atoms with Crippen molar-refractivity contribution in [2.75, 3.05) is 26.7 Å². The molecule has 0 radical (unpaired) electrons. The lowest BCUT2D eigenvalue weighted by Gasteiger charge is -2.38. The molecule has 0 bridgehead atoms. The van der Waals surface area contributed by atoms with E-state index < -0.39 is 42.0 Å². The number of methoxy groups -OCH3 is 1. The fraction of sp³-hybridized carbons (Fsp3) is 0.393. The summed E-state index contributed by atoms with van der Waals surface area (Å²) in [6.45, 7) is 4.77. The molecule has 2 aromatic carbocycles. The molecule has 0 aromatic heterocycles. The van der Waals surface area contributed by atoms with Crippen molar-refractivity contribution >= 4 is 24.0 Å². The monoisotopic (exact) mass is 529 g/mol. The van der Waals surface area contributed by atoms with Gasteiger partial charge in [0.25, 0.3) is 0 Å². The van der Waals surface area contributed by atoms with Gasteiger partial charge in [0.15, 0.2) is 5.60 Å². The van der Waals surface area contributed by atoms with E-state index in [-0.39, 0.29) is 0 Å². The number of nitrogens with zero attached hydrogens (tertiary/aromatic N) is 1. The third-order valence-electron chi connectivity index (χ3n) is 6.32. The highest BCUT2D eigenvalue weighted by Gasteiger charge is 2.40. The number of hydrogen-bond donors (Lipinski definition) is 5. The Kier molecular flexibility index (Phi) is 11.0. The number of carbonyl (C=O) groups is 3. The molecular formula is C28H35NO9. The van der Waals surface area contributed by atoms with Gasteiger partial charge in [0.2, 0.25) is 0 Å². The number of carboxylic acids is 3. The van der Waals surface area contributed by atoms with E-state index in [1.54, 1.807) is 7.11 Å². The van der Waals surface area contributed by atoms with Crippen LogP contribution in [0.5, 0.6) is 5.75 Å². The Bertz CT molecular complexity index is 1120. The number of benzene rings is 2. The molecule has 0 aliphatic carbocycles. The predicted octanol–water partition coefficient (Wildman–Crippen LogP) is 2.75. The van der Waals surface area contributed by atoms with Gasteiger partial charge in [-0.25, -0.2) is 4.79 Å². The first-order chi connectivity index (χ1) is 17.9. The van der Waals surface area contributed by atoms with Crippen molar-refractivity contribution in [3.05, 3.63) is 71.3 Å². The van der Waals surface area contributed by atoms with Crippen LogP contribution in [0.15, 0.2) is 54.6 Å². The number of hydrogen-bond acceptors (Lipinski definition) is 7. The third-order valence-corrected chi connectivity index (χ3v) is 6.32. The van der Waals surface area contributed by atoms with E-state index in [0.717, 1.165) is 49.4 Å². The Labute approximate surface area is 221 Å². The SMILES string of the molecule is COc1ccccc1/C=C/CN1CCC(O)(c2cccc(C)c2)CC1.O=C(O)CC(O)(CC(=O)O)C(=O)O. The average Bonchev–Trinajstić information content (AvgIpc) is 2.85. The molecule has 1 fully saturated rings. The van der Waals surface area contributed by atoms with E-state index in [0.29, 0.717) is 0 Å². The molecule has 0 spiro atoms. The predicted molar refractivity (Wildman–Crippen MR) is 140 cm³/mol. The summed E-state index contributed by atoms with van der Waals surface area (Å²) in [5, 5.41) is 44.8. The molecule has 1 aliphatic rings. The molecule has 38 heavy (non-hydrogen) atoms. The fourth-order valence-corrected chi connectivity index (χ4v) is 4.18. The van der Waals surface area contributed by atoms with E-state index >= 15 is 0 Å². The number of piperidine rings is 1. The molecule has 0 unspecified atom stereocenters. The van der Waals surface area contributed by atoms with Crippen molar-refractivity contribution in [3.63, 3.8) is 0 Å². The van der Waals surface area contributed by atoms with E-state index in [9.17, 15) is 19.5 Å². The lowest BCUT2D eigenvalue weighted by Crippen LogP contribution is -2.42. The van der Waals surface area contributed by atoms with Crippen LogP contribution >= 0.6 is 0 Å². The molecule has 10 heteroatoms. The topological polar surface area (TPSA) is 165 Å². The molecular weight excluding hydrogens is 494 g/mol. The molecule has 10 nitrogen and oxygen atoms in total. The molecule has 1 heterocycles. The number of aryl methyl sites for hydroxylation is 1. The summed E-state index contributed by atoms with van der Waals surface area (Å²) in [5.41, 5.74) is -0.0740. The molecule has 0 atom stereocenters. The van der Waals surface area contributed by atoms with Gasteiger partial charge in [-0.15, -0.1) is 0 Å². The third kappa shape index (κ3) is 8.98. The molecule has 0 saturated carbocycles. The number of aliphatic hydroxyl groups is 2. The van der Waals surface area contributed by atoms with E-state index in [1.165, 1.54) is 5.56 Å². The van der Waals surface area contributed by atoms with Crippen molar-refractivity contribution in [2.45, 2.75) is 43.8 Å². The zero-order valence-electron chi connectivity index (χ0n) is 21.5. The second kappa shape index (κ2) is 13.7. The van der Waals surface area contributed by atoms with Gasteiger partial charge in [0, 0.05) is 25.2 Å². The number of para-hydroxylation sites is 1. The Morgan fingerprint density at radius 3 is 2.13 bits per heavy atom. The average molecular weight is 530 g/mol. The minimum Gasteiger partial charge on any atom is -0.496 e. The standard InChI is InChI=1S/C22H27NO2.C6H8O7/c1-18-7-5-10-20(17-18)22(24)12-15-23(16-13-22)14-6-9-19-8-3-4-11-21(19)25-2;7-3(8)1-6(13,5(11)12)2-4(9)10/h3-11,17,24H,12-16H2,1-2H3;13H,1-2H2,(H,7,8)(H,9,10)(H,11,12)/b9-6+;. The highest BCUT2D eigenvalue weighted by atomic mass is 16.5. The van der Waals surface area contributed by atoms with Crippen LogP contribution in [0.1, 0.15) is 42.4 Å². The van der Waals surface area contributed by atoms with Crippen LogP contribution in [0.3, 0.4) is 0 Å². The minimum absolute atomic E-state index is 0.686. The smallest absolute Gasteiger partial charge is 0.336 e. The van der Waals surface area contributed by atoms with Crippen molar-refractivity contribution < 1.29 is 44.7 Å². The van der Waals surface area contributed by atoms with E-state index in [1.807, 2.05) is 30.3 Å². The van der Waals surface area contributed by atoms with Gasteiger partial charge >= 0.3 is 17.9 Å². The number of ether oxygens (including phenoxy) is 1. The van der Waals surface area contributed by atoms with Crippen LogP contribution in [0, 0.1) is 6.92 Å². The molecule has 1 aliphatic heterocycles. The highest BCUT2D eigenvalue weighted by molar-refractivity contribution is 5.88. The lowest BCUT2D eigenvalue weighted by molar-refractivity contribution is -0.170. The Hall–Kier alpha value is -3.73. The van der Waals surface area contributed by atoms with Crippen molar-refractivity contribution in [1.29, 1.82) is 0 Å². The first-order valence-corrected chi connectivity index (χ1v) is 12.1. The second-order valence-corrected chi connectivity index (χ2v) is 9.32. The number of rotatable bonds is 10. The van der Waals surface area contributed by atoms with Gasteiger partial charge in [0.1, 0.15) is 5.75 Å². The van der Waals surface area contributed by atoms with Crippen LogP contribution in [0.25, 0.3) is 6.08 Å². The van der Waals surface area contributed by atoms with Gasteiger partial charge in [0.05, 0.1) is 25.6 Å². The molecule has 3 rings (SSSR count). The molecule has 0 amide bonds. The first kappa shape index (κ1) is 30.5. The van der Waals surface area contributed by atoms with Crippen molar-refractivity contribution in [2.24, 2.45) is 0 Å². The van der Waals surface area contributed by atoms with Crippen LogP contribution in [-0.2, 0) is 20.0 Å². The maximum Gasteiger partial charge on any atom is 0.336 e. The van der Waals surface area contributed by atoms with Crippen LogP contribution in [0.2, 0.25) is 0 Å². The summed E-state index contributed by atoms with van der Waals surface area (Å²) in [4.78, 5) is 32.9. The van der Waals surface area contributed by atoms with Crippen LogP contribution < -0.4 is 4.74 Å². The van der Waals surface area contributed by atoms with Crippen molar-refractivity contribution in [1.82, 2.24) is 4.90 Å². The van der Waals surface area contributed by atoms with E-state index in [4.69, 9.17) is 25.2 Å². The fourth-order valence-electron chi connectivity index (χ4n) is 4.18. The van der Waals surface area contributed by atoms with E-state index in [2.05, 4.69) is 42.2 Å². The minimum atomic E-state index is -2.74. The zero-order valence-corrected chi connectivity index (χ0v) is 21.5. The highest BCUT2D eigenvalue weighted by Crippen LogP contribution is 2.33. The van der Waals surface area contributed by atoms with Gasteiger partial charge in [-0.3, -0.25) is 14.5 Å². The van der Waals surface area contributed by atoms with Crippen LogP contribution in [0.4, 0.5) is 0 Å². The van der Waals surface area contributed by atoms with Gasteiger partial charge in [-0.1, -0.05) is 60.2 Å². The van der Waals surface area contributed by atoms with Crippen LogP contribution in [-0.4, -0.2) is 80.7 Å². The summed E-state index contributed by atoms with van der Waals surface area (Å²) >= 11 is 0. The van der Waals surface area contributed by atoms with Crippen molar-refractivity contribution in [3.8, 4) is 5.75 Å². The Balaban J connectivity index is 0.000000332. The second-order valence-electron chi connectivity index (χ2n) is 9.32. The Morgan fingerprint density at radius 2 is 1.61 bits per heavy atom. The summed E-state index contributed by atoms with van der Waals surface area (Å²) in [6.07, 6.45) is 3.55. The number of aliphatic carboxylic acids is 3. The lowest BCUT2D eigenvalue weighted by atomic mass is 9.84. The zero-order chi connectivity index (χ0) is 28.3.